The van der Waals surface area contributed by atoms with E-state index in [9.17, 15) is 28.8 Å². The Morgan fingerprint density at radius 1 is 0.722 bits per heavy atom. The van der Waals surface area contributed by atoms with Gasteiger partial charge >= 0.3 is 17.9 Å². The van der Waals surface area contributed by atoms with E-state index in [0.29, 0.717) is 21.5 Å². The number of H-pyrrole nitrogens is 1. The number of aromatic amines is 1. The zero-order chi connectivity index (χ0) is 39.8. The van der Waals surface area contributed by atoms with Crippen LogP contribution >= 0.6 is 11.6 Å². The fourth-order valence-corrected chi connectivity index (χ4v) is 5.87. The van der Waals surface area contributed by atoms with Crippen molar-refractivity contribution in [2.75, 3.05) is 7.11 Å². The highest BCUT2D eigenvalue weighted by atomic mass is 35.5. The minimum Gasteiger partial charge on any atom is -0.467 e. The first kappa shape index (κ1) is 41.3. The molecule has 0 fully saturated rings. The Kier molecular flexibility index (Phi) is 13.5. The van der Waals surface area contributed by atoms with Crippen LogP contribution in [-0.2, 0) is 44.6 Å². The quantitative estimate of drug-likeness (QED) is 0.0978. The van der Waals surface area contributed by atoms with E-state index in [1.807, 2.05) is 42.5 Å². The molecule has 3 aromatic carbocycles. The van der Waals surface area contributed by atoms with Crippen molar-refractivity contribution in [3.8, 4) is 0 Å². The summed E-state index contributed by atoms with van der Waals surface area (Å²) >= 11 is 6.34. The second kappa shape index (κ2) is 17.6. The van der Waals surface area contributed by atoms with E-state index in [2.05, 4.69) is 20.9 Å². The molecule has 0 aliphatic carbocycles. The largest absolute Gasteiger partial charge is 0.467 e. The van der Waals surface area contributed by atoms with Crippen molar-refractivity contribution in [3.05, 3.63) is 83.0 Å². The van der Waals surface area contributed by atoms with E-state index in [0.717, 1.165) is 17.9 Å². The molecular formula is C40H47ClN4O9. The van der Waals surface area contributed by atoms with Gasteiger partial charge in [0.2, 0.25) is 11.8 Å². The van der Waals surface area contributed by atoms with Crippen LogP contribution in [0.3, 0.4) is 0 Å². The number of esters is 3. The molecular weight excluding hydrogens is 716 g/mol. The second-order valence-corrected chi connectivity index (χ2v) is 15.3. The molecule has 0 spiro atoms. The van der Waals surface area contributed by atoms with Crippen molar-refractivity contribution in [1.29, 1.82) is 0 Å². The maximum Gasteiger partial charge on any atom is 0.328 e. The van der Waals surface area contributed by atoms with Gasteiger partial charge in [-0.2, -0.15) is 0 Å². The molecule has 4 N–H and O–H groups in total. The highest BCUT2D eigenvalue weighted by molar-refractivity contribution is 6.35. The third-order valence-corrected chi connectivity index (χ3v) is 8.34. The lowest BCUT2D eigenvalue weighted by Crippen LogP contribution is -2.57. The van der Waals surface area contributed by atoms with E-state index in [4.69, 9.17) is 25.8 Å². The number of halogens is 1. The lowest BCUT2D eigenvalue weighted by atomic mass is 10.0. The lowest BCUT2D eigenvalue weighted by Gasteiger charge is -2.26. The molecule has 0 radical (unpaired) electrons. The fraction of sp³-hybridized carbons (Fsp3) is 0.400. The van der Waals surface area contributed by atoms with E-state index in [-0.39, 0.29) is 25.0 Å². The van der Waals surface area contributed by atoms with Gasteiger partial charge in [-0.15, -0.1) is 0 Å². The Labute approximate surface area is 318 Å². The molecule has 14 heteroatoms. The first-order valence-electron chi connectivity index (χ1n) is 17.5. The average molecular weight is 763 g/mol. The van der Waals surface area contributed by atoms with Crippen LogP contribution in [0.1, 0.15) is 76.9 Å². The van der Waals surface area contributed by atoms with Gasteiger partial charge in [-0.3, -0.25) is 24.0 Å². The predicted molar refractivity (Wildman–Crippen MR) is 204 cm³/mol. The molecule has 1 heterocycles. The number of carbonyl (C=O) groups is 6. The molecule has 0 unspecified atom stereocenters. The fourth-order valence-electron chi connectivity index (χ4n) is 5.64. The number of amides is 3. The molecule has 1 aromatic heterocycles. The summed E-state index contributed by atoms with van der Waals surface area (Å²) in [6.45, 7) is 10.0. The molecule has 0 bridgehead atoms. The smallest absolute Gasteiger partial charge is 0.328 e. The van der Waals surface area contributed by atoms with Crippen molar-refractivity contribution < 1.29 is 43.0 Å². The second-order valence-electron chi connectivity index (χ2n) is 14.9. The molecule has 288 valence electrons. The SMILES string of the molecule is COC(=O)[C@H](CCC(=O)OC(C)(C)C)NC(=O)[C@H](CC(=O)OC(C)(C)C)NC(=O)[C@H](Cc1ccc2ccccc2c1)NC(=O)c1cc2c(Cl)cccc2[nH]1. The topological polar surface area (TPSA) is 182 Å². The lowest BCUT2D eigenvalue weighted by molar-refractivity contribution is -0.156. The van der Waals surface area contributed by atoms with Crippen molar-refractivity contribution in [1.82, 2.24) is 20.9 Å². The van der Waals surface area contributed by atoms with Crippen LogP contribution in [0.4, 0.5) is 0 Å². The van der Waals surface area contributed by atoms with E-state index in [1.165, 1.54) is 0 Å². The minimum absolute atomic E-state index is 0.00480. The maximum atomic E-state index is 14.2. The third kappa shape index (κ3) is 12.1. The molecule has 0 aliphatic rings. The Balaban J connectivity index is 1.63. The maximum absolute atomic E-state index is 14.2. The van der Waals surface area contributed by atoms with Gasteiger partial charge in [-0.1, -0.05) is 60.1 Å². The normalized spacial score (nSPS) is 13.3. The number of fused-ring (bicyclic) bond motifs is 2. The van der Waals surface area contributed by atoms with Crippen LogP contribution in [0.25, 0.3) is 21.7 Å². The zero-order valence-electron chi connectivity index (χ0n) is 31.5. The first-order valence-corrected chi connectivity index (χ1v) is 17.9. The summed E-state index contributed by atoms with van der Waals surface area (Å²) in [5, 5.41) is 10.8. The number of rotatable bonds is 14. The molecule has 4 aromatic rings. The van der Waals surface area contributed by atoms with Gasteiger partial charge < -0.3 is 35.1 Å². The number of methoxy groups -OCH3 is 1. The van der Waals surface area contributed by atoms with E-state index in [1.54, 1.807) is 65.8 Å². The van der Waals surface area contributed by atoms with E-state index < -0.39 is 71.4 Å². The minimum atomic E-state index is -1.57. The van der Waals surface area contributed by atoms with Gasteiger partial charge in [0.05, 0.1) is 13.5 Å². The molecule has 3 atom stereocenters. The van der Waals surface area contributed by atoms with Crippen LogP contribution in [0.5, 0.6) is 0 Å². The number of hydrogen-bond donors (Lipinski definition) is 4. The average Bonchev–Trinajstić information content (AvgIpc) is 3.53. The third-order valence-electron chi connectivity index (χ3n) is 8.01. The van der Waals surface area contributed by atoms with Crippen LogP contribution in [-0.4, -0.2) is 77.1 Å². The number of benzene rings is 3. The zero-order valence-corrected chi connectivity index (χ0v) is 32.2. The summed E-state index contributed by atoms with van der Waals surface area (Å²) in [4.78, 5) is 82.9. The predicted octanol–water partition coefficient (Wildman–Crippen LogP) is 5.31. The van der Waals surface area contributed by atoms with Crippen molar-refractivity contribution in [2.24, 2.45) is 0 Å². The number of hydrogen-bond acceptors (Lipinski definition) is 9. The van der Waals surface area contributed by atoms with Crippen LogP contribution in [0.15, 0.2) is 66.7 Å². The van der Waals surface area contributed by atoms with Crippen molar-refractivity contribution in [2.45, 2.75) is 96.6 Å². The van der Waals surface area contributed by atoms with Crippen LogP contribution < -0.4 is 16.0 Å². The van der Waals surface area contributed by atoms with Gasteiger partial charge in [0.15, 0.2) is 0 Å². The van der Waals surface area contributed by atoms with Crippen LogP contribution in [0, 0.1) is 0 Å². The van der Waals surface area contributed by atoms with Gasteiger partial charge in [-0.05, 0) is 82.5 Å². The van der Waals surface area contributed by atoms with Gasteiger partial charge in [0, 0.05) is 28.8 Å². The number of nitrogens with one attached hydrogen (secondary N) is 4. The van der Waals surface area contributed by atoms with Gasteiger partial charge in [-0.25, -0.2) is 4.79 Å². The Bertz CT molecular complexity index is 2030. The summed E-state index contributed by atoms with van der Waals surface area (Å²) in [5.41, 5.74) is -0.231. The summed E-state index contributed by atoms with van der Waals surface area (Å²) in [5.74, 6) is -4.60. The molecule has 54 heavy (non-hydrogen) atoms. The molecule has 3 amide bonds. The molecule has 0 saturated heterocycles. The van der Waals surface area contributed by atoms with Gasteiger partial charge in [0.25, 0.3) is 5.91 Å². The summed E-state index contributed by atoms with van der Waals surface area (Å²) < 4.78 is 15.6. The highest BCUT2D eigenvalue weighted by Gasteiger charge is 2.34. The van der Waals surface area contributed by atoms with Crippen molar-refractivity contribution >= 4 is 68.9 Å². The number of ether oxygens (including phenoxy) is 3. The monoisotopic (exact) mass is 762 g/mol. The Hall–Kier alpha value is -5.43. The molecule has 4 rings (SSSR count). The molecule has 13 nitrogen and oxygen atoms in total. The number of carbonyl (C=O) groups excluding carboxylic acids is 6. The number of aromatic nitrogens is 1. The van der Waals surface area contributed by atoms with Crippen LogP contribution in [0.2, 0.25) is 5.02 Å². The summed E-state index contributed by atoms with van der Waals surface area (Å²) in [7, 11) is 1.12. The summed E-state index contributed by atoms with van der Waals surface area (Å²) in [6, 6.07) is 15.9. The molecule has 0 aliphatic heterocycles. The highest BCUT2D eigenvalue weighted by Crippen LogP contribution is 2.24. The Morgan fingerprint density at radius 3 is 2.00 bits per heavy atom. The Morgan fingerprint density at radius 2 is 1.35 bits per heavy atom. The summed E-state index contributed by atoms with van der Waals surface area (Å²) in [6.07, 6.45) is -1.04. The van der Waals surface area contributed by atoms with E-state index >= 15 is 0 Å². The van der Waals surface area contributed by atoms with Gasteiger partial charge in [0.1, 0.15) is 35.0 Å². The first-order chi connectivity index (χ1) is 25.3. The van der Waals surface area contributed by atoms with Crippen molar-refractivity contribution in [3.63, 3.8) is 0 Å². The standard InChI is InChI=1S/C40H47ClN4O9/c1-39(2,3)53-33(46)18-17-29(38(51)52-7)43-37(50)32(22-34(47)54-40(4,5)6)45-35(48)30(20-23-15-16-24-11-8-9-12-25(24)19-23)44-36(49)31-21-26-27(41)13-10-14-28(26)42-31/h8-16,19,21,29-30,32,42H,17-18,20,22H2,1-7H3,(H,43,50)(H,44,49)(H,45,48)/t29-,30-,32-/m0/s1. The molecule has 0 saturated carbocycles.